The number of benzene rings is 1. The Morgan fingerprint density at radius 2 is 1.84 bits per heavy atom. The molecule has 3 aliphatic rings. The zero-order valence-electron chi connectivity index (χ0n) is 14.3. The van der Waals surface area contributed by atoms with Crippen LogP contribution in [0.1, 0.15) is 25.0 Å². The van der Waals surface area contributed by atoms with Crippen molar-refractivity contribution in [2.45, 2.75) is 20.3 Å². The molecule has 0 spiro atoms. The Bertz CT molecular complexity index is 899. The summed E-state index contributed by atoms with van der Waals surface area (Å²) in [5.74, 6) is 0. The third-order valence-corrected chi connectivity index (χ3v) is 13.0. The molecular weight excluding hydrogens is 516 g/mol. The first-order valence-corrected chi connectivity index (χ1v) is 14.5. The van der Waals surface area contributed by atoms with Gasteiger partial charge in [-0.3, -0.25) is 0 Å². The molecule has 0 fully saturated rings. The van der Waals surface area contributed by atoms with Gasteiger partial charge in [0.25, 0.3) is 0 Å². The molecule has 1 heterocycles. The van der Waals surface area contributed by atoms with Crippen LogP contribution in [0.15, 0.2) is 54.5 Å². The van der Waals surface area contributed by atoms with Crippen molar-refractivity contribution in [3.63, 3.8) is 0 Å². The zero-order chi connectivity index (χ0) is 16.3. The van der Waals surface area contributed by atoms with Crippen LogP contribution in [-0.4, -0.2) is 18.5 Å². The summed E-state index contributed by atoms with van der Waals surface area (Å²) < 4.78 is 4.27. The van der Waals surface area contributed by atoms with Gasteiger partial charge in [0.15, 0.2) is 0 Å². The van der Waals surface area contributed by atoms with Crippen LogP contribution in [0.4, 0.5) is 0 Å². The third-order valence-electron chi connectivity index (χ3n) is 4.81. The van der Waals surface area contributed by atoms with Gasteiger partial charge >= 0.3 is 158 Å². The van der Waals surface area contributed by atoms with Crippen LogP contribution in [-0.2, 0) is 26.1 Å². The van der Waals surface area contributed by atoms with E-state index in [1.807, 2.05) is 0 Å². The van der Waals surface area contributed by atoms with Crippen LogP contribution in [0, 0.1) is 0 Å². The molecule has 25 heavy (non-hydrogen) atoms. The maximum atomic E-state index is 6.21. The third kappa shape index (κ3) is 3.63. The number of hydrogen-bond donors (Lipinski definition) is 0. The second-order valence-electron chi connectivity index (χ2n) is 6.65. The van der Waals surface area contributed by atoms with E-state index in [0.717, 1.165) is 13.0 Å². The van der Waals surface area contributed by atoms with Gasteiger partial charge in [-0.15, -0.1) is 0 Å². The molecule has 1 aliphatic heterocycles. The topological polar surface area (TPSA) is 3.24 Å². The number of hydrogen-bond acceptors (Lipinski definition) is 2. The molecule has 1 aromatic rings. The minimum Gasteiger partial charge on any atom is -1.00 e. The van der Waals surface area contributed by atoms with Gasteiger partial charge in [0.2, 0.25) is 0 Å². The van der Waals surface area contributed by atoms with E-state index in [9.17, 15) is 0 Å². The zero-order valence-corrected chi connectivity index (χ0v) is 20.7. The van der Waals surface area contributed by atoms with Crippen LogP contribution >= 0.6 is 24.8 Å². The molecule has 0 N–H and O–H groups in total. The van der Waals surface area contributed by atoms with Gasteiger partial charge in [0, 0.05) is 0 Å². The first-order valence-electron chi connectivity index (χ1n) is 7.83. The number of likely N-dealkylation sites (N-methyl/N-ethyl adjacent to an activating group) is 1. The van der Waals surface area contributed by atoms with Crippen molar-refractivity contribution in [2.75, 3.05) is 13.6 Å². The molecule has 0 saturated heterocycles. The summed E-state index contributed by atoms with van der Waals surface area (Å²) in [6.07, 6.45) is 8.05. The van der Waals surface area contributed by atoms with Gasteiger partial charge < -0.3 is 24.8 Å². The summed E-state index contributed by atoms with van der Waals surface area (Å²) in [5.41, 5.74) is 8.47. The standard InChI is InChI=1S/C10H8Br.C9H10N.2ClH.S.Zr/c1-7-5-8-3-2-4-10(11)9(8)6-7;1-7-5-8-3-4-10(2)9(8)6-7;;;;/h2,4-5H,6H2,1H3;5-6H,4H2,1-2H3;2*1H;;/q;;;;;+2/p-2. The monoisotopic (exact) mass is 531 g/mol. The fraction of sp³-hybridized carbons (Fsp3) is 0.263. The van der Waals surface area contributed by atoms with Crippen LogP contribution in [0.5, 0.6) is 0 Å². The van der Waals surface area contributed by atoms with Crippen LogP contribution < -0.4 is 28.1 Å². The van der Waals surface area contributed by atoms with Crippen molar-refractivity contribution in [3.05, 3.63) is 65.6 Å². The van der Waals surface area contributed by atoms with E-state index in [-0.39, 0.29) is 24.8 Å². The van der Waals surface area contributed by atoms with Gasteiger partial charge in [-0.1, -0.05) is 0 Å². The average molecular weight is 534 g/mol. The summed E-state index contributed by atoms with van der Waals surface area (Å²) >= 11 is 1.48. The first kappa shape index (κ1) is 21.4. The molecule has 2 aliphatic carbocycles. The predicted octanol–water partition coefficient (Wildman–Crippen LogP) is -1.18. The van der Waals surface area contributed by atoms with Crippen molar-refractivity contribution in [1.29, 1.82) is 0 Å². The van der Waals surface area contributed by atoms with Gasteiger partial charge in [-0.05, 0) is 0 Å². The molecular formula is C19H18BrCl2NSZr. The summed E-state index contributed by atoms with van der Waals surface area (Å²) in [7, 11) is 8.40. The Labute approximate surface area is 181 Å². The molecule has 1 aromatic carbocycles. The largest absolute Gasteiger partial charge is 1.00 e. The molecule has 0 aromatic heterocycles. The molecule has 0 atom stereocenters. The van der Waals surface area contributed by atoms with E-state index in [4.69, 9.17) is 8.86 Å². The first-order chi connectivity index (χ1) is 11.0. The predicted molar refractivity (Wildman–Crippen MR) is 100 cm³/mol. The van der Waals surface area contributed by atoms with E-state index in [1.54, 1.807) is 3.28 Å². The van der Waals surface area contributed by atoms with E-state index >= 15 is 0 Å². The molecule has 130 valence electrons. The minimum atomic E-state index is -2.24. The average Bonchev–Trinajstić information content (AvgIpc) is 3.14. The summed E-state index contributed by atoms with van der Waals surface area (Å²) in [6, 6.07) is 4.50. The molecule has 0 saturated carbocycles. The number of allylic oxidation sites excluding steroid dienone is 4. The number of rotatable bonds is 2. The Balaban J connectivity index is 0.00000113. The fourth-order valence-corrected chi connectivity index (χ4v) is 10.8. The van der Waals surface area contributed by atoms with Crippen molar-refractivity contribution < 1.29 is 44.5 Å². The van der Waals surface area contributed by atoms with Crippen molar-refractivity contribution in [1.82, 2.24) is 4.90 Å². The number of fused-ring (bicyclic) bond motifs is 2. The molecule has 1 nitrogen and oxygen atoms in total. The minimum absolute atomic E-state index is 0. The Morgan fingerprint density at radius 1 is 1.12 bits per heavy atom. The summed E-state index contributed by atoms with van der Waals surface area (Å²) in [4.78, 5) is 2.37. The fourth-order valence-electron chi connectivity index (χ4n) is 3.72. The van der Waals surface area contributed by atoms with E-state index in [0.29, 0.717) is 0 Å². The van der Waals surface area contributed by atoms with Gasteiger partial charge in [-0.2, -0.15) is 0 Å². The molecule has 0 amide bonds. The molecule has 6 heteroatoms. The second kappa shape index (κ2) is 8.02. The van der Waals surface area contributed by atoms with Crippen molar-refractivity contribution in [2.24, 2.45) is 0 Å². The van der Waals surface area contributed by atoms with Crippen molar-refractivity contribution >= 4 is 34.1 Å². The molecule has 4 rings (SSSR count). The molecule has 0 unspecified atom stereocenters. The van der Waals surface area contributed by atoms with Crippen molar-refractivity contribution in [3.8, 4) is 0 Å². The smallest absolute Gasteiger partial charge is 1.00 e. The number of nitrogens with zero attached hydrogens (tertiary/aromatic N) is 1. The van der Waals surface area contributed by atoms with E-state index < -0.39 is 19.7 Å². The summed E-state index contributed by atoms with van der Waals surface area (Å²) in [6.45, 7) is 5.42. The van der Waals surface area contributed by atoms with E-state index in [1.165, 1.54) is 41.3 Å². The van der Waals surface area contributed by atoms with Gasteiger partial charge in [0.05, 0.1) is 0 Å². The molecule has 0 radical (unpaired) electrons. The quantitative estimate of drug-likeness (QED) is 0.470. The Hall–Kier alpha value is 0.143. The normalized spacial score (nSPS) is 16.9. The van der Waals surface area contributed by atoms with Crippen LogP contribution in [0.3, 0.4) is 0 Å². The Morgan fingerprint density at radius 3 is 2.56 bits per heavy atom. The maximum absolute atomic E-state index is 6.21. The second-order valence-corrected chi connectivity index (χ2v) is 14.3. The van der Waals surface area contributed by atoms with Gasteiger partial charge in [0.1, 0.15) is 0 Å². The van der Waals surface area contributed by atoms with Crippen LogP contribution in [0.25, 0.3) is 6.08 Å². The molecule has 0 bridgehead atoms. The van der Waals surface area contributed by atoms with Crippen LogP contribution in [0.2, 0.25) is 0 Å². The number of halogens is 3. The Kier molecular flexibility index (Phi) is 6.88. The van der Waals surface area contributed by atoms with Gasteiger partial charge in [-0.25, -0.2) is 0 Å². The maximum Gasteiger partial charge on any atom is -1.00 e. The van der Waals surface area contributed by atoms with E-state index in [2.05, 4.69) is 72.1 Å². The SMILES string of the molecule is CC1=CC2=[C]([Zr+2](=[S])[c]3ccc(Br)c4c3C=C(C)C4)CN(C)C2=C1.[Cl-].[Cl-]. The summed E-state index contributed by atoms with van der Waals surface area (Å²) in [5, 5.41) is 0.